The molecule has 0 fully saturated rings. The Kier molecular flexibility index (Phi) is 6.74. The van der Waals surface area contributed by atoms with Crippen LogP contribution in [0.5, 0.6) is 0 Å². The van der Waals surface area contributed by atoms with E-state index in [1.807, 2.05) is 61.5 Å². The maximum atomic E-state index is 6.12. The Labute approximate surface area is 207 Å². The number of aromatic nitrogens is 5. The minimum atomic E-state index is 0.489. The van der Waals surface area contributed by atoms with E-state index < -0.39 is 0 Å². The van der Waals surface area contributed by atoms with Crippen molar-refractivity contribution in [3.63, 3.8) is 0 Å². The number of nitrogens with zero attached hydrogens (tertiary/aromatic N) is 5. The van der Waals surface area contributed by atoms with Gasteiger partial charge in [0, 0.05) is 22.7 Å². The first kappa shape index (κ1) is 22.4. The topological polar surface area (TPSA) is 69.6 Å². The molecule has 8 heteroatoms. The monoisotopic (exact) mass is 487 g/mol. The predicted octanol–water partition coefficient (Wildman–Crippen LogP) is 6.36. The molecule has 0 spiro atoms. The Morgan fingerprint density at radius 3 is 2.41 bits per heavy atom. The lowest BCUT2D eigenvalue weighted by Crippen LogP contribution is -2.04. The summed E-state index contributed by atoms with van der Waals surface area (Å²) >= 11 is 7.64. The van der Waals surface area contributed by atoms with Crippen LogP contribution < -0.4 is 0 Å². The van der Waals surface area contributed by atoms with Crippen LogP contribution in [0, 0.1) is 6.92 Å². The zero-order valence-corrected chi connectivity index (χ0v) is 20.1. The number of halogens is 1. The largest absolute Gasteiger partial charge is 0.338 e. The predicted molar refractivity (Wildman–Crippen MR) is 134 cm³/mol. The third kappa shape index (κ3) is 5.21. The van der Waals surface area contributed by atoms with Crippen molar-refractivity contribution in [1.82, 2.24) is 24.9 Å². The number of hydrogen-bond donors (Lipinski definition) is 0. The summed E-state index contributed by atoms with van der Waals surface area (Å²) in [5.74, 6) is 2.50. The molecule has 0 saturated carbocycles. The SMILES string of the molecule is Cc1ccc(-c2noc(CSc3nnc(CCc4ccccc4)n3-c3ccc(Cl)cc3)n2)cc1. The van der Waals surface area contributed by atoms with Crippen LogP contribution in [0.2, 0.25) is 5.02 Å². The molecule has 0 unspecified atom stereocenters. The van der Waals surface area contributed by atoms with Gasteiger partial charge in [-0.15, -0.1) is 10.2 Å². The van der Waals surface area contributed by atoms with E-state index in [0.717, 1.165) is 35.1 Å². The normalized spacial score (nSPS) is 11.1. The van der Waals surface area contributed by atoms with E-state index in [0.29, 0.717) is 22.5 Å². The maximum Gasteiger partial charge on any atom is 0.237 e. The molecule has 0 N–H and O–H groups in total. The van der Waals surface area contributed by atoms with Crippen molar-refractivity contribution in [1.29, 1.82) is 0 Å². The molecule has 2 aromatic heterocycles. The standard InChI is InChI=1S/C26H22ClN5OS/c1-18-7-10-20(11-8-18)25-28-24(33-31-25)17-34-26-30-29-23(16-9-19-5-3-2-4-6-19)32(26)22-14-12-21(27)13-15-22/h2-8,10-15H,9,16-17H2,1H3. The van der Waals surface area contributed by atoms with E-state index in [1.54, 1.807) is 0 Å². The van der Waals surface area contributed by atoms with Gasteiger partial charge < -0.3 is 4.52 Å². The van der Waals surface area contributed by atoms with Gasteiger partial charge >= 0.3 is 0 Å². The molecule has 0 aliphatic heterocycles. The fraction of sp³-hybridized carbons (Fsp3) is 0.154. The molecular weight excluding hydrogens is 466 g/mol. The van der Waals surface area contributed by atoms with Crippen molar-refractivity contribution in [3.05, 3.63) is 107 Å². The molecule has 34 heavy (non-hydrogen) atoms. The smallest absolute Gasteiger partial charge is 0.237 e. The molecule has 170 valence electrons. The van der Waals surface area contributed by atoms with Gasteiger partial charge in [0.05, 0.1) is 5.75 Å². The number of aryl methyl sites for hydroxylation is 3. The Morgan fingerprint density at radius 1 is 0.882 bits per heavy atom. The van der Waals surface area contributed by atoms with E-state index in [9.17, 15) is 0 Å². The number of benzene rings is 3. The fourth-order valence-electron chi connectivity index (χ4n) is 3.57. The molecular formula is C26H22ClN5OS. The lowest BCUT2D eigenvalue weighted by molar-refractivity contribution is 0.391. The first-order valence-corrected chi connectivity index (χ1v) is 12.3. The highest BCUT2D eigenvalue weighted by Crippen LogP contribution is 2.27. The van der Waals surface area contributed by atoms with Gasteiger partial charge in [-0.1, -0.05) is 88.7 Å². The number of thioether (sulfide) groups is 1. The van der Waals surface area contributed by atoms with Crippen LogP contribution >= 0.6 is 23.4 Å². The maximum absolute atomic E-state index is 6.12. The zero-order valence-electron chi connectivity index (χ0n) is 18.6. The summed E-state index contributed by atoms with van der Waals surface area (Å²) < 4.78 is 7.56. The molecule has 6 nitrogen and oxygen atoms in total. The van der Waals surface area contributed by atoms with Gasteiger partial charge in [0.2, 0.25) is 11.7 Å². The molecule has 0 aliphatic carbocycles. The highest BCUT2D eigenvalue weighted by Gasteiger charge is 2.17. The lowest BCUT2D eigenvalue weighted by atomic mass is 10.1. The van der Waals surface area contributed by atoms with Crippen LogP contribution in [0.15, 0.2) is 88.5 Å². The summed E-state index contributed by atoms with van der Waals surface area (Å²) in [6.45, 7) is 2.05. The van der Waals surface area contributed by atoms with E-state index in [-0.39, 0.29) is 0 Å². The third-order valence-electron chi connectivity index (χ3n) is 5.37. The molecule has 3 aromatic carbocycles. The van der Waals surface area contributed by atoms with Gasteiger partial charge in [-0.2, -0.15) is 4.98 Å². The summed E-state index contributed by atoms with van der Waals surface area (Å²) in [7, 11) is 0. The first-order chi connectivity index (χ1) is 16.7. The highest BCUT2D eigenvalue weighted by molar-refractivity contribution is 7.98. The van der Waals surface area contributed by atoms with Crippen molar-refractivity contribution >= 4 is 23.4 Å². The Morgan fingerprint density at radius 2 is 1.65 bits per heavy atom. The Bertz CT molecular complexity index is 1360. The van der Waals surface area contributed by atoms with Crippen molar-refractivity contribution in [2.75, 3.05) is 0 Å². The minimum Gasteiger partial charge on any atom is -0.338 e. The molecule has 5 aromatic rings. The van der Waals surface area contributed by atoms with Gasteiger partial charge in [0.15, 0.2) is 5.16 Å². The van der Waals surface area contributed by atoms with Crippen LogP contribution in [0.4, 0.5) is 0 Å². The molecule has 0 saturated heterocycles. The van der Waals surface area contributed by atoms with Gasteiger partial charge in [0.1, 0.15) is 5.82 Å². The number of rotatable bonds is 8. The van der Waals surface area contributed by atoms with Crippen molar-refractivity contribution in [2.24, 2.45) is 0 Å². The first-order valence-electron chi connectivity index (χ1n) is 10.9. The Hall–Kier alpha value is -3.42. The van der Waals surface area contributed by atoms with Crippen molar-refractivity contribution in [2.45, 2.75) is 30.7 Å². The van der Waals surface area contributed by atoms with Crippen LogP contribution in [0.1, 0.15) is 22.8 Å². The molecule has 0 bridgehead atoms. The van der Waals surface area contributed by atoms with E-state index in [2.05, 4.69) is 49.2 Å². The van der Waals surface area contributed by atoms with Crippen LogP contribution in [0.25, 0.3) is 17.1 Å². The van der Waals surface area contributed by atoms with Gasteiger partial charge in [-0.25, -0.2) is 0 Å². The zero-order chi connectivity index (χ0) is 23.3. The summed E-state index contributed by atoms with van der Waals surface area (Å²) in [6, 6.07) is 26.1. The molecule has 0 aliphatic rings. The molecule has 0 amide bonds. The van der Waals surface area contributed by atoms with Crippen LogP contribution in [0.3, 0.4) is 0 Å². The van der Waals surface area contributed by atoms with Crippen LogP contribution in [-0.2, 0) is 18.6 Å². The van der Waals surface area contributed by atoms with Gasteiger partial charge in [-0.3, -0.25) is 4.57 Å². The summed E-state index contributed by atoms with van der Waals surface area (Å²) in [5.41, 5.74) is 4.34. The number of hydrogen-bond acceptors (Lipinski definition) is 6. The van der Waals surface area contributed by atoms with E-state index in [1.165, 1.54) is 22.9 Å². The second-order valence-corrected chi connectivity index (χ2v) is 9.24. The van der Waals surface area contributed by atoms with Crippen molar-refractivity contribution < 1.29 is 4.52 Å². The average molecular weight is 488 g/mol. The Balaban J connectivity index is 1.36. The lowest BCUT2D eigenvalue weighted by Gasteiger charge is -2.10. The second-order valence-electron chi connectivity index (χ2n) is 7.86. The van der Waals surface area contributed by atoms with E-state index >= 15 is 0 Å². The summed E-state index contributed by atoms with van der Waals surface area (Å²) in [5, 5.41) is 14.5. The van der Waals surface area contributed by atoms with Crippen molar-refractivity contribution in [3.8, 4) is 17.1 Å². The summed E-state index contributed by atoms with van der Waals surface area (Å²) in [6.07, 6.45) is 1.64. The second kappa shape index (κ2) is 10.2. The summed E-state index contributed by atoms with van der Waals surface area (Å²) in [4.78, 5) is 4.55. The third-order valence-corrected chi connectivity index (χ3v) is 6.53. The quantitative estimate of drug-likeness (QED) is 0.237. The molecule has 0 atom stereocenters. The molecule has 5 rings (SSSR count). The molecule has 2 heterocycles. The minimum absolute atomic E-state index is 0.489. The van der Waals surface area contributed by atoms with E-state index in [4.69, 9.17) is 16.1 Å². The van der Waals surface area contributed by atoms with Crippen LogP contribution in [-0.4, -0.2) is 24.9 Å². The average Bonchev–Trinajstić information content (AvgIpc) is 3.50. The fourth-order valence-corrected chi connectivity index (χ4v) is 4.50. The van der Waals surface area contributed by atoms with Gasteiger partial charge in [0.25, 0.3) is 0 Å². The molecule has 0 radical (unpaired) electrons. The highest BCUT2D eigenvalue weighted by atomic mass is 35.5. The van der Waals surface area contributed by atoms with Gasteiger partial charge in [-0.05, 0) is 43.2 Å².